The third-order valence-corrected chi connectivity index (χ3v) is 4.74. The molecule has 1 N–H and O–H groups in total. The van der Waals surface area contributed by atoms with Gasteiger partial charge in [-0.3, -0.25) is 0 Å². The fourth-order valence-electron chi connectivity index (χ4n) is 2.35. The molecule has 18 heavy (non-hydrogen) atoms. The molecule has 0 aromatic carbocycles. The predicted molar refractivity (Wildman–Crippen MR) is 76.3 cm³/mol. The normalized spacial score (nSPS) is 24.1. The number of rotatable bonds is 5. The molecule has 1 aliphatic rings. The molecule has 0 spiro atoms. The van der Waals surface area contributed by atoms with Gasteiger partial charge in [0.2, 0.25) is 0 Å². The fourth-order valence-corrected chi connectivity index (χ4v) is 3.45. The van der Waals surface area contributed by atoms with Crippen LogP contribution in [-0.2, 0) is 11.2 Å². The quantitative estimate of drug-likeness (QED) is 0.891. The van der Waals surface area contributed by atoms with Gasteiger partial charge < -0.3 is 10.1 Å². The van der Waals surface area contributed by atoms with Crippen molar-refractivity contribution in [3.63, 3.8) is 0 Å². The number of aromatic nitrogens is 1. The molecule has 3 nitrogen and oxygen atoms in total. The predicted octanol–water partition coefficient (Wildman–Crippen LogP) is 2.71. The first-order chi connectivity index (χ1) is 8.51. The highest BCUT2D eigenvalue weighted by Gasteiger charge is 2.36. The Bertz CT molecular complexity index is 375. The lowest BCUT2D eigenvalue weighted by molar-refractivity contribution is 0.148. The summed E-state index contributed by atoms with van der Waals surface area (Å²) in [4.78, 5) is 6.02. The SMILES string of the molecule is Cc1nc(CC2(CNC(C)C)CCOC2)sc1C. The Hall–Kier alpha value is -0.450. The molecule has 0 amide bonds. The van der Waals surface area contributed by atoms with Gasteiger partial charge in [0.1, 0.15) is 0 Å². The van der Waals surface area contributed by atoms with E-state index in [1.807, 2.05) is 11.3 Å². The molecular weight excluding hydrogens is 244 g/mol. The molecule has 102 valence electrons. The van der Waals surface area contributed by atoms with E-state index in [1.54, 1.807) is 0 Å². The van der Waals surface area contributed by atoms with E-state index in [1.165, 1.54) is 15.6 Å². The topological polar surface area (TPSA) is 34.2 Å². The van der Waals surface area contributed by atoms with Crippen LogP contribution < -0.4 is 5.32 Å². The van der Waals surface area contributed by atoms with E-state index in [-0.39, 0.29) is 5.41 Å². The molecule has 1 aromatic rings. The second-order valence-corrected chi connectivity index (χ2v) is 7.05. The van der Waals surface area contributed by atoms with E-state index in [0.29, 0.717) is 6.04 Å². The summed E-state index contributed by atoms with van der Waals surface area (Å²) in [6, 6.07) is 0.530. The van der Waals surface area contributed by atoms with Crippen LogP contribution in [0.4, 0.5) is 0 Å². The third kappa shape index (κ3) is 3.31. The maximum absolute atomic E-state index is 5.64. The summed E-state index contributed by atoms with van der Waals surface area (Å²) >= 11 is 1.84. The van der Waals surface area contributed by atoms with Crippen molar-refractivity contribution in [2.24, 2.45) is 5.41 Å². The van der Waals surface area contributed by atoms with Crippen LogP contribution in [0.25, 0.3) is 0 Å². The summed E-state index contributed by atoms with van der Waals surface area (Å²) in [6.07, 6.45) is 2.19. The molecule has 0 aliphatic carbocycles. The summed E-state index contributed by atoms with van der Waals surface area (Å²) in [5, 5.41) is 4.83. The van der Waals surface area contributed by atoms with Gasteiger partial charge in [0.25, 0.3) is 0 Å². The molecule has 1 atom stereocenters. The lowest BCUT2D eigenvalue weighted by Crippen LogP contribution is -2.39. The highest BCUT2D eigenvalue weighted by atomic mass is 32.1. The van der Waals surface area contributed by atoms with Crippen LogP contribution in [0.1, 0.15) is 35.8 Å². The number of hydrogen-bond donors (Lipinski definition) is 1. The van der Waals surface area contributed by atoms with E-state index in [9.17, 15) is 0 Å². The van der Waals surface area contributed by atoms with Gasteiger partial charge in [-0.15, -0.1) is 11.3 Å². The van der Waals surface area contributed by atoms with Crippen molar-refractivity contribution in [2.45, 2.75) is 46.6 Å². The van der Waals surface area contributed by atoms with Crippen LogP contribution in [0.5, 0.6) is 0 Å². The van der Waals surface area contributed by atoms with Gasteiger partial charge >= 0.3 is 0 Å². The standard InChI is InChI=1S/C14H24N2OS/c1-10(2)15-8-14(5-6-17-9-14)7-13-16-11(3)12(4)18-13/h10,15H,5-9H2,1-4H3. The number of nitrogens with one attached hydrogen (secondary N) is 1. The Morgan fingerprint density at radius 2 is 2.22 bits per heavy atom. The van der Waals surface area contributed by atoms with E-state index in [4.69, 9.17) is 4.74 Å². The Labute approximate surface area is 114 Å². The Kier molecular flexibility index (Phi) is 4.41. The molecule has 4 heteroatoms. The number of ether oxygens (including phenoxy) is 1. The molecule has 2 rings (SSSR count). The maximum atomic E-state index is 5.64. The minimum Gasteiger partial charge on any atom is -0.381 e. The second-order valence-electron chi connectivity index (χ2n) is 5.76. The third-order valence-electron chi connectivity index (χ3n) is 3.67. The lowest BCUT2D eigenvalue weighted by Gasteiger charge is -2.28. The monoisotopic (exact) mass is 268 g/mol. The molecule has 1 aromatic heterocycles. The summed E-state index contributed by atoms with van der Waals surface area (Å²) in [5.41, 5.74) is 1.43. The van der Waals surface area contributed by atoms with E-state index in [2.05, 4.69) is 38.0 Å². The van der Waals surface area contributed by atoms with Crippen molar-refractivity contribution in [3.05, 3.63) is 15.6 Å². The summed E-state index contributed by atoms with van der Waals surface area (Å²) < 4.78 is 5.64. The van der Waals surface area contributed by atoms with E-state index >= 15 is 0 Å². The Morgan fingerprint density at radius 3 is 2.72 bits per heavy atom. The van der Waals surface area contributed by atoms with Crippen molar-refractivity contribution >= 4 is 11.3 Å². The lowest BCUT2D eigenvalue weighted by atomic mass is 9.83. The molecule has 2 heterocycles. The largest absolute Gasteiger partial charge is 0.381 e. The smallest absolute Gasteiger partial charge is 0.0937 e. The fraction of sp³-hybridized carbons (Fsp3) is 0.786. The molecule has 1 saturated heterocycles. The number of thiazole rings is 1. The van der Waals surface area contributed by atoms with Crippen molar-refractivity contribution in [2.75, 3.05) is 19.8 Å². The van der Waals surface area contributed by atoms with Crippen LogP contribution in [0.15, 0.2) is 0 Å². The first-order valence-corrected chi connectivity index (χ1v) is 7.56. The maximum Gasteiger partial charge on any atom is 0.0937 e. The van der Waals surface area contributed by atoms with Crippen LogP contribution in [0.3, 0.4) is 0 Å². The molecule has 0 bridgehead atoms. The minimum atomic E-state index is 0.251. The van der Waals surface area contributed by atoms with Crippen molar-refractivity contribution in [1.29, 1.82) is 0 Å². The van der Waals surface area contributed by atoms with E-state index in [0.717, 1.165) is 32.6 Å². The molecule has 1 fully saturated rings. The zero-order chi connectivity index (χ0) is 13.2. The Balaban J connectivity index is 2.05. The van der Waals surface area contributed by atoms with Crippen LogP contribution in [0, 0.1) is 19.3 Å². The van der Waals surface area contributed by atoms with Gasteiger partial charge in [0, 0.05) is 35.9 Å². The number of hydrogen-bond acceptors (Lipinski definition) is 4. The van der Waals surface area contributed by atoms with Gasteiger partial charge in [-0.05, 0) is 20.3 Å². The summed E-state index contributed by atoms with van der Waals surface area (Å²) in [7, 11) is 0. The molecule has 1 aliphatic heterocycles. The van der Waals surface area contributed by atoms with Crippen LogP contribution in [0.2, 0.25) is 0 Å². The van der Waals surface area contributed by atoms with E-state index < -0.39 is 0 Å². The molecule has 1 unspecified atom stereocenters. The molecule has 0 radical (unpaired) electrons. The zero-order valence-corrected chi connectivity index (χ0v) is 12.7. The second kappa shape index (κ2) is 5.68. The summed E-state index contributed by atoms with van der Waals surface area (Å²) in [6.45, 7) is 11.4. The minimum absolute atomic E-state index is 0.251. The van der Waals surface area contributed by atoms with Gasteiger partial charge in [0.05, 0.1) is 17.3 Å². The van der Waals surface area contributed by atoms with Crippen LogP contribution >= 0.6 is 11.3 Å². The highest BCUT2D eigenvalue weighted by molar-refractivity contribution is 7.11. The van der Waals surface area contributed by atoms with Gasteiger partial charge in [-0.25, -0.2) is 4.98 Å². The van der Waals surface area contributed by atoms with Crippen LogP contribution in [-0.4, -0.2) is 30.8 Å². The average molecular weight is 268 g/mol. The first-order valence-electron chi connectivity index (χ1n) is 6.75. The molecular formula is C14H24N2OS. The molecule has 0 saturated carbocycles. The number of nitrogens with zero attached hydrogens (tertiary/aromatic N) is 1. The Morgan fingerprint density at radius 1 is 1.44 bits per heavy atom. The van der Waals surface area contributed by atoms with Gasteiger partial charge in [-0.2, -0.15) is 0 Å². The van der Waals surface area contributed by atoms with Crippen molar-refractivity contribution < 1.29 is 4.74 Å². The number of aryl methyl sites for hydroxylation is 2. The van der Waals surface area contributed by atoms with Crippen molar-refractivity contribution in [1.82, 2.24) is 10.3 Å². The van der Waals surface area contributed by atoms with Gasteiger partial charge in [-0.1, -0.05) is 13.8 Å². The highest BCUT2D eigenvalue weighted by Crippen LogP contribution is 2.34. The average Bonchev–Trinajstić information content (AvgIpc) is 2.86. The first kappa shape index (κ1) is 14.0. The zero-order valence-electron chi connectivity index (χ0n) is 11.9. The van der Waals surface area contributed by atoms with Crippen molar-refractivity contribution in [3.8, 4) is 0 Å². The summed E-state index contributed by atoms with van der Waals surface area (Å²) in [5.74, 6) is 0. The van der Waals surface area contributed by atoms with Gasteiger partial charge in [0.15, 0.2) is 0 Å².